The summed E-state index contributed by atoms with van der Waals surface area (Å²) in [6, 6.07) is 10.0. The summed E-state index contributed by atoms with van der Waals surface area (Å²) >= 11 is 5.64. The Labute approximate surface area is 170 Å². The number of rotatable bonds is 5. The molecule has 1 saturated heterocycles. The van der Waals surface area contributed by atoms with Crippen molar-refractivity contribution in [3.63, 3.8) is 0 Å². The molecule has 8 heteroatoms. The number of carbonyl (C=O) groups excluding carboxylic acids is 1. The molecule has 1 N–H and O–H groups in total. The van der Waals surface area contributed by atoms with Gasteiger partial charge in [0.1, 0.15) is 0 Å². The Hall–Kier alpha value is -2.06. The Morgan fingerprint density at radius 2 is 1.86 bits per heavy atom. The van der Waals surface area contributed by atoms with Crippen molar-refractivity contribution in [2.24, 2.45) is 5.92 Å². The number of hydrogen-bond acceptors (Lipinski definition) is 5. The van der Waals surface area contributed by atoms with E-state index >= 15 is 0 Å². The van der Waals surface area contributed by atoms with E-state index in [1.54, 1.807) is 4.68 Å². The number of anilines is 1. The summed E-state index contributed by atoms with van der Waals surface area (Å²) in [5, 5.41) is 11.7. The molecule has 1 atom stereocenters. The minimum atomic E-state index is -0.0171. The van der Waals surface area contributed by atoms with Crippen molar-refractivity contribution in [2.45, 2.75) is 57.7 Å². The van der Waals surface area contributed by atoms with E-state index in [1.165, 1.54) is 19.3 Å². The van der Waals surface area contributed by atoms with Crippen LogP contribution < -0.4 is 5.32 Å². The molecule has 150 valence electrons. The van der Waals surface area contributed by atoms with Crippen LogP contribution in [0.2, 0.25) is 0 Å². The average Bonchev–Trinajstić information content (AvgIpc) is 3.10. The van der Waals surface area contributed by atoms with Crippen LogP contribution in [-0.4, -0.2) is 43.7 Å². The third-order valence-corrected chi connectivity index (χ3v) is 6.23. The summed E-state index contributed by atoms with van der Waals surface area (Å²) < 4.78 is 4.43. The van der Waals surface area contributed by atoms with Gasteiger partial charge in [0.05, 0.1) is 18.6 Å². The molecule has 2 aromatic rings. The number of nitrogens with one attached hydrogen (secondary N) is 1. The number of tetrazole rings is 1. The van der Waals surface area contributed by atoms with Crippen LogP contribution in [0, 0.1) is 10.7 Å². The number of carbonyl (C=O) groups is 1. The monoisotopic (exact) mass is 400 g/mol. The molecule has 0 unspecified atom stereocenters. The zero-order chi connectivity index (χ0) is 19.3. The van der Waals surface area contributed by atoms with Gasteiger partial charge in [0.25, 0.3) is 0 Å². The molecule has 1 aromatic heterocycles. The highest BCUT2D eigenvalue weighted by molar-refractivity contribution is 7.71. The van der Waals surface area contributed by atoms with Crippen LogP contribution in [0.25, 0.3) is 0 Å². The van der Waals surface area contributed by atoms with Crippen molar-refractivity contribution in [1.29, 1.82) is 0 Å². The van der Waals surface area contributed by atoms with E-state index in [1.807, 2.05) is 35.0 Å². The van der Waals surface area contributed by atoms with Crippen LogP contribution >= 0.6 is 12.2 Å². The van der Waals surface area contributed by atoms with Crippen LogP contribution in [0.15, 0.2) is 30.3 Å². The highest BCUT2D eigenvalue weighted by atomic mass is 32.1. The Balaban J connectivity index is 1.37. The predicted molar refractivity (Wildman–Crippen MR) is 110 cm³/mol. The normalized spacial score (nSPS) is 21.5. The van der Waals surface area contributed by atoms with E-state index in [0.717, 1.165) is 44.5 Å². The van der Waals surface area contributed by atoms with E-state index in [0.29, 0.717) is 17.5 Å². The molecule has 0 radical (unpaired) electrons. The maximum atomic E-state index is 12.6. The summed E-state index contributed by atoms with van der Waals surface area (Å²) in [5.74, 6) is 0.0712. The summed E-state index contributed by atoms with van der Waals surface area (Å²) in [6.45, 7) is 2.27. The molecule has 7 nitrogen and oxygen atoms in total. The molecule has 2 heterocycles. The van der Waals surface area contributed by atoms with Crippen molar-refractivity contribution in [1.82, 2.24) is 24.7 Å². The second-order valence-corrected chi connectivity index (χ2v) is 8.28. The first kappa shape index (κ1) is 19.3. The number of aromatic nitrogens is 4. The van der Waals surface area contributed by atoms with Crippen molar-refractivity contribution in [3.05, 3.63) is 35.1 Å². The summed E-state index contributed by atoms with van der Waals surface area (Å²) in [5.41, 5.74) is 0.849. The Morgan fingerprint density at radius 1 is 1.07 bits per heavy atom. The fourth-order valence-corrected chi connectivity index (χ4v) is 4.56. The number of hydrogen-bond donors (Lipinski definition) is 1. The zero-order valence-corrected chi connectivity index (χ0v) is 17.0. The lowest BCUT2D eigenvalue weighted by molar-refractivity contribution is -0.121. The van der Waals surface area contributed by atoms with Gasteiger partial charge in [-0.1, -0.05) is 37.5 Å². The molecule has 0 spiro atoms. The molecule has 1 aliphatic heterocycles. The number of piperidine rings is 1. The van der Waals surface area contributed by atoms with Gasteiger partial charge >= 0.3 is 0 Å². The first-order chi connectivity index (χ1) is 13.7. The number of benzene rings is 1. The maximum Gasteiger partial charge on any atom is 0.228 e. The van der Waals surface area contributed by atoms with Crippen molar-refractivity contribution < 1.29 is 4.79 Å². The minimum Gasteiger partial charge on any atom is -0.326 e. The lowest BCUT2D eigenvalue weighted by atomic mass is 9.96. The van der Waals surface area contributed by atoms with Crippen LogP contribution in [0.5, 0.6) is 0 Å². The fraction of sp³-hybridized carbons (Fsp3) is 0.600. The molecule has 1 amide bonds. The third kappa shape index (κ3) is 4.50. The zero-order valence-electron chi connectivity index (χ0n) is 16.2. The smallest absolute Gasteiger partial charge is 0.228 e. The fourth-order valence-electron chi connectivity index (χ4n) is 4.28. The highest BCUT2D eigenvalue weighted by Crippen LogP contribution is 2.27. The Bertz CT molecular complexity index is 842. The molecule has 2 fully saturated rings. The molecule has 0 bridgehead atoms. The number of nitrogens with zero attached hydrogens (tertiary/aromatic N) is 5. The lowest BCUT2D eigenvalue weighted by Gasteiger charge is -2.31. The van der Waals surface area contributed by atoms with Crippen molar-refractivity contribution in [3.8, 4) is 0 Å². The summed E-state index contributed by atoms with van der Waals surface area (Å²) in [6.07, 6.45) is 7.97. The largest absolute Gasteiger partial charge is 0.326 e. The Kier molecular flexibility index (Phi) is 6.17. The molecule has 2 aliphatic rings. The lowest BCUT2D eigenvalue weighted by Crippen LogP contribution is -2.41. The standard InChI is InChI=1S/C20H28N6OS/c27-19(21-17-9-3-1-4-10-17)16-8-7-13-24(14-16)15-25-20(28)26(23-22-25)18-11-5-2-6-12-18/h1,3-4,9-10,16,18H,2,5-8,11-15H2,(H,21,27)/t16-/m0/s1. The minimum absolute atomic E-state index is 0.0171. The Morgan fingerprint density at radius 3 is 2.64 bits per heavy atom. The van der Waals surface area contributed by atoms with Crippen LogP contribution in [0.3, 0.4) is 0 Å². The predicted octanol–water partition coefficient (Wildman–Crippen LogP) is 3.62. The van der Waals surface area contributed by atoms with E-state index in [-0.39, 0.29) is 11.8 Å². The second kappa shape index (κ2) is 8.96. The van der Waals surface area contributed by atoms with E-state index < -0.39 is 0 Å². The van der Waals surface area contributed by atoms with Crippen molar-refractivity contribution in [2.75, 3.05) is 18.4 Å². The summed E-state index contributed by atoms with van der Waals surface area (Å²) in [4.78, 5) is 14.9. The highest BCUT2D eigenvalue weighted by Gasteiger charge is 2.27. The van der Waals surface area contributed by atoms with E-state index in [9.17, 15) is 4.79 Å². The first-order valence-electron chi connectivity index (χ1n) is 10.3. The van der Waals surface area contributed by atoms with E-state index in [4.69, 9.17) is 12.2 Å². The van der Waals surface area contributed by atoms with Crippen LogP contribution in [-0.2, 0) is 11.5 Å². The third-order valence-electron chi connectivity index (χ3n) is 5.83. The van der Waals surface area contributed by atoms with Gasteiger partial charge in [0.2, 0.25) is 10.7 Å². The number of para-hydroxylation sites is 1. The van der Waals surface area contributed by atoms with Gasteiger partial charge < -0.3 is 5.32 Å². The molecule has 1 aromatic carbocycles. The number of amides is 1. The molecular weight excluding hydrogens is 372 g/mol. The van der Waals surface area contributed by atoms with Crippen LogP contribution in [0.1, 0.15) is 51.0 Å². The molecule has 1 saturated carbocycles. The summed E-state index contributed by atoms with van der Waals surface area (Å²) in [7, 11) is 0. The van der Waals surface area contributed by atoms with Gasteiger partial charge in [-0.3, -0.25) is 9.69 Å². The van der Waals surface area contributed by atoms with Gasteiger partial charge in [-0.2, -0.15) is 0 Å². The topological polar surface area (TPSA) is 68.0 Å². The van der Waals surface area contributed by atoms with Gasteiger partial charge in [-0.05, 0) is 67.0 Å². The van der Waals surface area contributed by atoms with Crippen LogP contribution in [0.4, 0.5) is 5.69 Å². The maximum absolute atomic E-state index is 12.6. The van der Waals surface area contributed by atoms with Gasteiger partial charge in [-0.25, -0.2) is 9.36 Å². The molecule has 28 heavy (non-hydrogen) atoms. The molecule has 4 rings (SSSR count). The van der Waals surface area contributed by atoms with Crippen molar-refractivity contribution >= 4 is 23.8 Å². The van der Waals surface area contributed by atoms with E-state index in [2.05, 4.69) is 20.6 Å². The quantitative estimate of drug-likeness (QED) is 0.777. The molecular formula is C20H28N6OS. The van der Waals surface area contributed by atoms with Gasteiger partial charge in [0, 0.05) is 12.2 Å². The second-order valence-electron chi connectivity index (χ2n) is 7.91. The SMILES string of the molecule is O=C(Nc1ccccc1)[C@H]1CCCN(Cn2nnn(C3CCCCC3)c2=S)C1. The first-order valence-corrected chi connectivity index (χ1v) is 10.7. The average molecular weight is 401 g/mol. The van der Waals surface area contributed by atoms with Gasteiger partial charge in [-0.15, -0.1) is 0 Å². The number of likely N-dealkylation sites (tertiary alicyclic amines) is 1. The molecule has 1 aliphatic carbocycles. The van der Waals surface area contributed by atoms with Gasteiger partial charge in [0.15, 0.2) is 0 Å².